The van der Waals surface area contributed by atoms with Crippen molar-refractivity contribution in [3.8, 4) is 11.5 Å². The van der Waals surface area contributed by atoms with Crippen molar-refractivity contribution < 1.29 is 33.0 Å². The van der Waals surface area contributed by atoms with Crippen molar-refractivity contribution in [1.29, 1.82) is 0 Å². The third-order valence-electron chi connectivity index (χ3n) is 5.03. The number of fused-ring (bicyclic) bond motifs is 1. The van der Waals surface area contributed by atoms with E-state index in [2.05, 4.69) is 5.32 Å². The summed E-state index contributed by atoms with van der Waals surface area (Å²) >= 11 is 0. The lowest BCUT2D eigenvalue weighted by atomic mass is 9.92. The SMILES string of the molecule is COC(=O)c1cc(CN2C(=O)N[C@](C)(Cc3ccc4c(c3)OCO4)C2=O)oc1C. The summed E-state index contributed by atoms with van der Waals surface area (Å²) in [5.41, 5.74) is -0.0239. The van der Waals surface area contributed by atoms with Crippen LogP contribution in [-0.2, 0) is 22.5 Å². The Morgan fingerprint density at radius 2 is 2.00 bits per heavy atom. The van der Waals surface area contributed by atoms with Gasteiger partial charge in [0.25, 0.3) is 5.91 Å². The number of nitrogens with one attached hydrogen (secondary N) is 1. The van der Waals surface area contributed by atoms with Gasteiger partial charge in [-0.1, -0.05) is 6.07 Å². The Morgan fingerprint density at radius 3 is 2.76 bits per heavy atom. The van der Waals surface area contributed by atoms with Crippen LogP contribution in [0.15, 0.2) is 28.7 Å². The number of aryl methyl sites for hydroxylation is 1. The lowest BCUT2D eigenvalue weighted by molar-refractivity contribution is -0.131. The summed E-state index contributed by atoms with van der Waals surface area (Å²) in [5.74, 6) is 1.02. The highest BCUT2D eigenvalue weighted by molar-refractivity contribution is 6.06. The molecule has 1 aromatic heterocycles. The number of benzene rings is 1. The fourth-order valence-corrected chi connectivity index (χ4v) is 3.56. The first-order valence-electron chi connectivity index (χ1n) is 9.01. The number of carbonyl (C=O) groups excluding carboxylic acids is 3. The molecule has 9 heteroatoms. The Morgan fingerprint density at radius 1 is 1.24 bits per heavy atom. The topological polar surface area (TPSA) is 107 Å². The Kier molecular flexibility index (Phi) is 4.45. The molecule has 2 aliphatic heterocycles. The number of furan rings is 1. The summed E-state index contributed by atoms with van der Waals surface area (Å²) in [7, 11) is 1.27. The first-order valence-corrected chi connectivity index (χ1v) is 9.01. The average Bonchev–Trinajstić information content (AvgIpc) is 3.34. The largest absolute Gasteiger partial charge is 0.465 e. The highest BCUT2D eigenvalue weighted by Gasteiger charge is 2.48. The number of urea groups is 1. The minimum atomic E-state index is -1.11. The van der Waals surface area contributed by atoms with Gasteiger partial charge in [0.05, 0.1) is 13.7 Å². The number of methoxy groups -OCH3 is 1. The molecule has 1 fully saturated rings. The molecule has 1 atom stereocenters. The molecule has 4 rings (SSSR count). The smallest absolute Gasteiger partial charge is 0.341 e. The number of hydrogen-bond acceptors (Lipinski definition) is 7. The van der Waals surface area contributed by atoms with Crippen molar-refractivity contribution in [2.45, 2.75) is 32.4 Å². The van der Waals surface area contributed by atoms with Crippen molar-refractivity contribution in [1.82, 2.24) is 10.2 Å². The van der Waals surface area contributed by atoms with Gasteiger partial charge in [-0.2, -0.15) is 0 Å². The predicted octanol–water partition coefficient (Wildman–Crippen LogP) is 2.16. The number of carbonyl (C=O) groups is 3. The monoisotopic (exact) mass is 400 g/mol. The highest BCUT2D eigenvalue weighted by atomic mass is 16.7. The van der Waals surface area contributed by atoms with Crippen LogP contribution < -0.4 is 14.8 Å². The molecule has 0 aliphatic carbocycles. The molecular formula is C20H20N2O7. The molecule has 0 bridgehead atoms. The van der Waals surface area contributed by atoms with Crippen LogP contribution in [0.2, 0.25) is 0 Å². The van der Waals surface area contributed by atoms with Crippen molar-refractivity contribution in [3.05, 3.63) is 46.9 Å². The van der Waals surface area contributed by atoms with Crippen LogP contribution in [0.1, 0.15) is 34.4 Å². The number of ether oxygens (including phenoxy) is 3. The van der Waals surface area contributed by atoms with Crippen molar-refractivity contribution in [2.75, 3.05) is 13.9 Å². The van der Waals surface area contributed by atoms with E-state index < -0.39 is 17.5 Å². The van der Waals surface area contributed by atoms with Crippen LogP contribution in [0.25, 0.3) is 0 Å². The lowest BCUT2D eigenvalue weighted by Crippen LogP contribution is -2.45. The van der Waals surface area contributed by atoms with Gasteiger partial charge >= 0.3 is 12.0 Å². The summed E-state index contributed by atoms with van der Waals surface area (Å²) in [4.78, 5) is 38.3. The molecule has 2 aliphatic rings. The Bertz CT molecular complexity index is 1010. The summed E-state index contributed by atoms with van der Waals surface area (Å²) in [5, 5.41) is 2.75. The number of imide groups is 1. The summed E-state index contributed by atoms with van der Waals surface area (Å²) < 4.78 is 20.9. The van der Waals surface area contributed by atoms with Crippen LogP contribution in [0.3, 0.4) is 0 Å². The second-order valence-electron chi connectivity index (χ2n) is 7.19. The number of amides is 3. The quantitative estimate of drug-likeness (QED) is 0.605. The van der Waals surface area contributed by atoms with Crippen molar-refractivity contribution >= 4 is 17.9 Å². The second-order valence-corrected chi connectivity index (χ2v) is 7.19. The first-order chi connectivity index (χ1) is 13.8. The Balaban J connectivity index is 1.52. The van der Waals surface area contributed by atoms with E-state index in [1.54, 1.807) is 26.0 Å². The summed E-state index contributed by atoms with van der Waals surface area (Å²) in [6.07, 6.45) is 0.287. The van der Waals surface area contributed by atoms with Gasteiger partial charge in [0.1, 0.15) is 22.6 Å². The molecule has 0 radical (unpaired) electrons. The van der Waals surface area contributed by atoms with Gasteiger partial charge in [0, 0.05) is 6.42 Å². The maximum atomic E-state index is 13.0. The number of nitrogens with zero attached hydrogens (tertiary/aromatic N) is 1. The van der Waals surface area contributed by atoms with Gasteiger partial charge in [-0.3, -0.25) is 9.69 Å². The minimum absolute atomic E-state index is 0.0841. The van der Waals surface area contributed by atoms with Crippen LogP contribution >= 0.6 is 0 Å². The molecule has 9 nitrogen and oxygen atoms in total. The first kappa shape index (κ1) is 18.9. The molecule has 0 unspecified atom stereocenters. The summed E-state index contributed by atoms with van der Waals surface area (Å²) in [6, 6.07) is 6.37. The van der Waals surface area contributed by atoms with Gasteiger partial charge < -0.3 is 23.9 Å². The third-order valence-corrected chi connectivity index (χ3v) is 5.03. The van der Waals surface area contributed by atoms with E-state index in [4.69, 9.17) is 18.6 Å². The molecule has 1 aromatic carbocycles. The molecule has 2 aromatic rings. The van der Waals surface area contributed by atoms with Gasteiger partial charge in [-0.25, -0.2) is 9.59 Å². The fraction of sp³-hybridized carbons (Fsp3) is 0.350. The van der Waals surface area contributed by atoms with Crippen LogP contribution in [0.5, 0.6) is 11.5 Å². The maximum Gasteiger partial charge on any atom is 0.341 e. The average molecular weight is 400 g/mol. The van der Waals surface area contributed by atoms with Gasteiger partial charge in [-0.05, 0) is 37.6 Å². The van der Waals surface area contributed by atoms with Gasteiger partial charge in [-0.15, -0.1) is 0 Å². The zero-order chi connectivity index (χ0) is 20.8. The van der Waals surface area contributed by atoms with E-state index in [1.807, 2.05) is 6.07 Å². The van der Waals surface area contributed by atoms with E-state index in [1.165, 1.54) is 13.2 Å². The fourth-order valence-electron chi connectivity index (χ4n) is 3.56. The molecule has 0 spiro atoms. The Hall–Kier alpha value is -3.49. The molecular weight excluding hydrogens is 380 g/mol. The predicted molar refractivity (Wildman–Crippen MR) is 98.5 cm³/mol. The van der Waals surface area contributed by atoms with Crippen LogP contribution in [-0.4, -0.2) is 42.2 Å². The summed E-state index contributed by atoms with van der Waals surface area (Å²) in [6.45, 7) is 3.37. The molecule has 0 saturated carbocycles. The maximum absolute atomic E-state index is 13.0. The van der Waals surface area contributed by atoms with Crippen LogP contribution in [0.4, 0.5) is 4.79 Å². The molecule has 3 amide bonds. The normalized spacial score (nSPS) is 20.2. The van der Waals surface area contributed by atoms with Gasteiger partial charge in [0.15, 0.2) is 11.5 Å². The Labute approximate surface area is 166 Å². The number of rotatable bonds is 5. The number of esters is 1. The van der Waals surface area contributed by atoms with E-state index in [0.717, 1.165) is 10.5 Å². The van der Waals surface area contributed by atoms with E-state index in [9.17, 15) is 14.4 Å². The standard InChI is InChI=1S/C20H20N2O7/c1-11-14(17(23)26-3)7-13(29-11)9-22-18(24)20(2,21-19(22)25)8-12-4-5-15-16(6-12)28-10-27-15/h4-7H,8-10H2,1-3H3,(H,21,25)/t20-/m1/s1. The van der Waals surface area contributed by atoms with Gasteiger partial charge in [0.2, 0.25) is 6.79 Å². The molecule has 152 valence electrons. The van der Waals surface area contributed by atoms with E-state index in [-0.39, 0.29) is 31.2 Å². The van der Waals surface area contributed by atoms with E-state index >= 15 is 0 Å². The van der Waals surface area contributed by atoms with Crippen LogP contribution in [0, 0.1) is 6.92 Å². The third kappa shape index (κ3) is 3.28. The van der Waals surface area contributed by atoms with E-state index in [0.29, 0.717) is 23.0 Å². The highest BCUT2D eigenvalue weighted by Crippen LogP contribution is 2.34. The molecule has 29 heavy (non-hydrogen) atoms. The van der Waals surface area contributed by atoms with Crippen molar-refractivity contribution in [3.63, 3.8) is 0 Å². The molecule has 1 saturated heterocycles. The zero-order valence-corrected chi connectivity index (χ0v) is 16.2. The number of hydrogen-bond donors (Lipinski definition) is 1. The lowest BCUT2D eigenvalue weighted by Gasteiger charge is -2.21. The van der Waals surface area contributed by atoms with Crippen molar-refractivity contribution in [2.24, 2.45) is 0 Å². The zero-order valence-electron chi connectivity index (χ0n) is 16.2. The second kappa shape index (κ2) is 6.84. The minimum Gasteiger partial charge on any atom is -0.465 e. The molecule has 3 heterocycles. The molecule has 1 N–H and O–H groups in total.